The predicted octanol–water partition coefficient (Wildman–Crippen LogP) is 2.54. The molecule has 2 heterocycles. The van der Waals surface area contributed by atoms with E-state index in [1.807, 2.05) is 19.1 Å². The Bertz CT molecular complexity index is 892. The van der Waals surface area contributed by atoms with Gasteiger partial charge in [0.2, 0.25) is 10.0 Å². The Balaban J connectivity index is 1.71. The van der Waals surface area contributed by atoms with E-state index >= 15 is 0 Å². The van der Waals surface area contributed by atoms with Crippen LogP contribution in [0.4, 0.5) is 0 Å². The summed E-state index contributed by atoms with van der Waals surface area (Å²) in [4.78, 5) is 16.8. The molecule has 27 heavy (non-hydrogen) atoms. The van der Waals surface area contributed by atoms with Crippen molar-refractivity contribution >= 4 is 15.9 Å². The van der Waals surface area contributed by atoms with Crippen molar-refractivity contribution in [3.63, 3.8) is 0 Å². The van der Waals surface area contributed by atoms with Crippen LogP contribution in [0.5, 0.6) is 0 Å². The van der Waals surface area contributed by atoms with Crippen LogP contribution in [0.25, 0.3) is 0 Å². The topological polar surface area (TPSA) is 79.4 Å². The Morgan fingerprint density at radius 2 is 1.96 bits per heavy atom. The first-order chi connectivity index (χ1) is 13.0. The molecule has 1 N–H and O–H groups in total. The summed E-state index contributed by atoms with van der Waals surface area (Å²) in [6, 6.07) is 8.60. The number of hydrogen-bond acceptors (Lipinski definition) is 4. The molecule has 1 aliphatic rings. The van der Waals surface area contributed by atoms with E-state index in [0.717, 1.165) is 30.4 Å². The lowest BCUT2D eigenvalue weighted by Gasteiger charge is -2.26. The molecule has 0 saturated carbocycles. The fourth-order valence-corrected chi connectivity index (χ4v) is 4.77. The molecular weight excluding hydrogens is 362 g/mol. The van der Waals surface area contributed by atoms with E-state index in [1.54, 1.807) is 24.5 Å². The molecule has 1 saturated heterocycles. The third-order valence-electron chi connectivity index (χ3n) is 4.83. The van der Waals surface area contributed by atoms with Crippen molar-refractivity contribution in [1.82, 2.24) is 14.6 Å². The number of carbonyl (C=O) groups excluding carboxylic acids is 1. The minimum absolute atomic E-state index is 0.187. The third-order valence-corrected chi connectivity index (χ3v) is 6.72. The normalized spacial score (nSPS) is 15.4. The van der Waals surface area contributed by atoms with Gasteiger partial charge in [0.25, 0.3) is 5.91 Å². The first kappa shape index (κ1) is 19.5. The number of benzene rings is 1. The number of nitrogens with zero attached hydrogens (tertiary/aromatic N) is 2. The average Bonchev–Trinajstić information content (AvgIpc) is 2.69. The lowest BCUT2D eigenvalue weighted by Crippen LogP contribution is -2.35. The van der Waals surface area contributed by atoms with Gasteiger partial charge >= 0.3 is 0 Å². The van der Waals surface area contributed by atoms with E-state index in [1.165, 1.54) is 10.4 Å². The maximum atomic E-state index is 12.9. The van der Waals surface area contributed by atoms with Crippen molar-refractivity contribution in [2.24, 2.45) is 0 Å². The lowest BCUT2D eigenvalue weighted by molar-refractivity contribution is 0.0953. The number of aryl methyl sites for hydroxylation is 1. The minimum atomic E-state index is -3.55. The summed E-state index contributed by atoms with van der Waals surface area (Å²) in [7, 11) is -3.55. The number of aromatic nitrogens is 1. The van der Waals surface area contributed by atoms with Gasteiger partial charge in [-0.05, 0) is 55.5 Å². The SMILES string of the molecule is Cc1ccc(S(=O)(=O)N2CCCCC2)cc1C(=O)NCCc1cccnc1. The molecule has 0 spiro atoms. The van der Waals surface area contributed by atoms with Gasteiger partial charge in [0, 0.05) is 37.6 Å². The van der Waals surface area contributed by atoms with Crippen molar-refractivity contribution in [1.29, 1.82) is 0 Å². The highest BCUT2D eigenvalue weighted by Gasteiger charge is 2.27. The highest BCUT2D eigenvalue weighted by molar-refractivity contribution is 7.89. The second-order valence-electron chi connectivity index (χ2n) is 6.81. The number of carbonyl (C=O) groups is 1. The summed E-state index contributed by atoms with van der Waals surface area (Å²) < 4.78 is 27.2. The maximum absolute atomic E-state index is 12.9. The van der Waals surface area contributed by atoms with E-state index < -0.39 is 10.0 Å². The molecule has 1 fully saturated rings. The molecular formula is C20H25N3O3S. The molecule has 1 amide bonds. The second kappa shape index (κ2) is 8.63. The van der Waals surface area contributed by atoms with Crippen molar-refractivity contribution in [2.45, 2.75) is 37.5 Å². The average molecular weight is 388 g/mol. The number of nitrogens with one attached hydrogen (secondary N) is 1. The van der Waals surface area contributed by atoms with Crippen LogP contribution < -0.4 is 5.32 Å². The van der Waals surface area contributed by atoms with Gasteiger partial charge in [-0.25, -0.2) is 8.42 Å². The summed E-state index contributed by atoms with van der Waals surface area (Å²) in [5, 5.41) is 2.87. The highest BCUT2D eigenvalue weighted by Crippen LogP contribution is 2.22. The zero-order valence-corrected chi connectivity index (χ0v) is 16.3. The van der Waals surface area contributed by atoms with Crippen LogP contribution in [0, 0.1) is 6.92 Å². The smallest absolute Gasteiger partial charge is 0.251 e. The molecule has 0 aliphatic carbocycles. The Morgan fingerprint density at radius 1 is 1.19 bits per heavy atom. The van der Waals surface area contributed by atoms with E-state index in [9.17, 15) is 13.2 Å². The van der Waals surface area contributed by atoms with Gasteiger partial charge in [-0.2, -0.15) is 4.31 Å². The summed E-state index contributed by atoms with van der Waals surface area (Å²) >= 11 is 0. The van der Waals surface area contributed by atoms with Gasteiger partial charge in [-0.3, -0.25) is 9.78 Å². The quantitative estimate of drug-likeness (QED) is 0.826. The number of amides is 1. The van der Waals surface area contributed by atoms with Gasteiger partial charge < -0.3 is 5.32 Å². The summed E-state index contributed by atoms with van der Waals surface area (Å²) in [6.45, 7) is 3.37. The van der Waals surface area contributed by atoms with Gasteiger partial charge in [0.05, 0.1) is 4.90 Å². The first-order valence-corrected chi connectivity index (χ1v) is 10.7. The summed E-state index contributed by atoms with van der Waals surface area (Å²) in [5.41, 5.74) is 2.20. The Kier molecular flexibility index (Phi) is 6.23. The van der Waals surface area contributed by atoms with Crippen molar-refractivity contribution in [2.75, 3.05) is 19.6 Å². The summed E-state index contributed by atoms with van der Waals surface area (Å²) in [5.74, 6) is -0.257. The molecule has 3 rings (SSSR count). The first-order valence-electron chi connectivity index (χ1n) is 9.26. The number of sulfonamides is 1. The Labute approximate surface area is 160 Å². The van der Waals surface area contributed by atoms with E-state index in [-0.39, 0.29) is 10.8 Å². The number of piperidine rings is 1. The monoisotopic (exact) mass is 387 g/mol. The fraction of sp³-hybridized carbons (Fsp3) is 0.400. The maximum Gasteiger partial charge on any atom is 0.251 e. The standard InChI is InChI=1S/C20H25N3O3S/c1-16-7-8-18(27(25,26)23-12-3-2-4-13-23)14-19(16)20(24)22-11-9-17-6-5-10-21-15-17/h5-8,10,14-15H,2-4,9,11-13H2,1H3,(H,22,24). The van der Waals surface area contributed by atoms with Crippen molar-refractivity contribution in [3.05, 3.63) is 59.4 Å². The Morgan fingerprint density at radius 3 is 2.67 bits per heavy atom. The van der Waals surface area contributed by atoms with Crippen LogP contribution in [0.1, 0.15) is 40.7 Å². The van der Waals surface area contributed by atoms with E-state index in [4.69, 9.17) is 0 Å². The van der Waals surface area contributed by atoms with Crippen LogP contribution in [-0.4, -0.2) is 43.2 Å². The van der Waals surface area contributed by atoms with Gasteiger partial charge in [0.15, 0.2) is 0 Å². The molecule has 1 aliphatic heterocycles. The Hall–Kier alpha value is -2.25. The number of pyridine rings is 1. The molecule has 144 valence electrons. The van der Waals surface area contributed by atoms with Crippen molar-refractivity contribution in [3.8, 4) is 0 Å². The largest absolute Gasteiger partial charge is 0.352 e. The van der Waals surface area contributed by atoms with Crippen molar-refractivity contribution < 1.29 is 13.2 Å². The van der Waals surface area contributed by atoms with Gasteiger partial charge in [0.1, 0.15) is 0 Å². The number of hydrogen-bond donors (Lipinski definition) is 1. The molecule has 7 heteroatoms. The predicted molar refractivity (Wildman–Crippen MR) is 104 cm³/mol. The second-order valence-corrected chi connectivity index (χ2v) is 8.75. The van der Waals surface area contributed by atoms with Crippen LogP contribution >= 0.6 is 0 Å². The highest BCUT2D eigenvalue weighted by atomic mass is 32.2. The molecule has 0 bridgehead atoms. The van der Waals surface area contributed by atoms with Gasteiger partial charge in [-0.1, -0.05) is 18.6 Å². The van der Waals surface area contributed by atoms with Crippen LogP contribution in [0.2, 0.25) is 0 Å². The molecule has 1 aromatic carbocycles. The third kappa shape index (κ3) is 4.73. The molecule has 6 nitrogen and oxygen atoms in total. The van der Waals surface area contributed by atoms with Crippen LogP contribution in [-0.2, 0) is 16.4 Å². The van der Waals surface area contributed by atoms with E-state index in [0.29, 0.717) is 31.6 Å². The van der Waals surface area contributed by atoms with Crippen LogP contribution in [0.15, 0.2) is 47.6 Å². The van der Waals surface area contributed by atoms with Gasteiger partial charge in [-0.15, -0.1) is 0 Å². The van der Waals surface area contributed by atoms with E-state index in [2.05, 4.69) is 10.3 Å². The summed E-state index contributed by atoms with van der Waals surface area (Å²) in [6.07, 6.45) is 6.97. The lowest BCUT2D eigenvalue weighted by atomic mass is 10.1. The van der Waals surface area contributed by atoms with Crippen LogP contribution in [0.3, 0.4) is 0 Å². The minimum Gasteiger partial charge on any atom is -0.352 e. The zero-order valence-electron chi connectivity index (χ0n) is 15.5. The fourth-order valence-electron chi connectivity index (χ4n) is 3.22. The zero-order chi connectivity index (χ0) is 19.3. The molecule has 0 atom stereocenters. The number of rotatable bonds is 6. The molecule has 2 aromatic rings. The molecule has 0 radical (unpaired) electrons. The molecule has 0 unspecified atom stereocenters. The molecule has 1 aromatic heterocycles.